The molecule has 0 aliphatic rings. The van der Waals surface area contributed by atoms with E-state index in [0.717, 1.165) is 18.0 Å². The molecule has 0 saturated carbocycles. The summed E-state index contributed by atoms with van der Waals surface area (Å²) in [6.07, 6.45) is 1.82. The van der Waals surface area contributed by atoms with E-state index in [4.69, 9.17) is 4.74 Å². The first-order valence-corrected chi connectivity index (χ1v) is 6.59. The molecular weight excluding hydrogens is 236 g/mol. The number of aryl methyl sites for hydroxylation is 1. The first-order valence-electron chi connectivity index (χ1n) is 6.59. The average Bonchev–Trinajstić information content (AvgIpc) is 2.46. The van der Waals surface area contributed by atoms with E-state index in [0.29, 0.717) is 6.61 Å². The topological polar surface area (TPSA) is 34.1 Å². The SMILES string of the molecule is Cc1ccc(OCCNC(C)c2ccccn2)cc1. The lowest BCUT2D eigenvalue weighted by molar-refractivity contribution is 0.307. The fourth-order valence-corrected chi connectivity index (χ4v) is 1.82. The molecule has 1 heterocycles. The zero-order valence-electron chi connectivity index (χ0n) is 11.5. The largest absolute Gasteiger partial charge is 0.492 e. The molecular formula is C16H20N2O. The van der Waals surface area contributed by atoms with E-state index >= 15 is 0 Å². The predicted octanol–water partition coefficient (Wildman–Crippen LogP) is 3.12. The average molecular weight is 256 g/mol. The number of pyridine rings is 1. The van der Waals surface area contributed by atoms with Gasteiger partial charge in [-0.05, 0) is 38.1 Å². The Labute approximate surface area is 114 Å². The van der Waals surface area contributed by atoms with E-state index in [9.17, 15) is 0 Å². The van der Waals surface area contributed by atoms with Crippen molar-refractivity contribution in [3.8, 4) is 5.75 Å². The van der Waals surface area contributed by atoms with Crippen LogP contribution in [0.3, 0.4) is 0 Å². The van der Waals surface area contributed by atoms with E-state index in [2.05, 4.69) is 36.3 Å². The van der Waals surface area contributed by atoms with Gasteiger partial charge in [-0.1, -0.05) is 23.8 Å². The second kappa shape index (κ2) is 6.90. The molecule has 0 aliphatic heterocycles. The van der Waals surface area contributed by atoms with Gasteiger partial charge in [0, 0.05) is 18.8 Å². The van der Waals surface area contributed by atoms with Gasteiger partial charge in [-0.15, -0.1) is 0 Å². The van der Waals surface area contributed by atoms with E-state index in [-0.39, 0.29) is 6.04 Å². The maximum Gasteiger partial charge on any atom is 0.119 e. The molecule has 3 heteroatoms. The van der Waals surface area contributed by atoms with Crippen LogP contribution in [0.25, 0.3) is 0 Å². The highest BCUT2D eigenvalue weighted by Crippen LogP contribution is 2.11. The minimum absolute atomic E-state index is 0.239. The molecule has 0 bridgehead atoms. The summed E-state index contributed by atoms with van der Waals surface area (Å²) in [5.41, 5.74) is 2.30. The van der Waals surface area contributed by atoms with Crippen LogP contribution < -0.4 is 10.1 Å². The third-order valence-corrected chi connectivity index (χ3v) is 2.97. The summed E-state index contributed by atoms with van der Waals surface area (Å²) in [6, 6.07) is 14.3. The van der Waals surface area contributed by atoms with Gasteiger partial charge in [0.15, 0.2) is 0 Å². The van der Waals surface area contributed by atoms with Crippen molar-refractivity contribution in [2.75, 3.05) is 13.2 Å². The molecule has 1 atom stereocenters. The molecule has 1 N–H and O–H groups in total. The van der Waals surface area contributed by atoms with Gasteiger partial charge in [-0.25, -0.2) is 0 Å². The zero-order valence-corrected chi connectivity index (χ0v) is 11.5. The molecule has 2 aromatic rings. The van der Waals surface area contributed by atoms with E-state index in [1.54, 1.807) is 0 Å². The van der Waals surface area contributed by atoms with Crippen molar-refractivity contribution in [1.82, 2.24) is 10.3 Å². The Kier molecular flexibility index (Phi) is 4.93. The van der Waals surface area contributed by atoms with Crippen LogP contribution in [0.4, 0.5) is 0 Å². The highest BCUT2D eigenvalue weighted by Gasteiger charge is 2.04. The zero-order chi connectivity index (χ0) is 13.5. The summed E-state index contributed by atoms with van der Waals surface area (Å²) >= 11 is 0. The molecule has 1 aromatic heterocycles. The van der Waals surface area contributed by atoms with Gasteiger partial charge in [0.1, 0.15) is 12.4 Å². The lowest BCUT2D eigenvalue weighted by Crippen LogP contribution is -2.24. The number of rotatable bonds is 6. The Morgan fingerprint density at radius 3 is 2.63 bits per heavy atom. The molecule has 0 spiro atoms. The van der Waals surface area contributed by atoms with Crippen LogP contribution in [0.2, 0.25) is 0 Å². The van der Waals surface area contributed by atoms with Crippen molar-refractivity contribution >= 4 is 0 Å². The summed E-state index contributed by atoms with van der Waals surface area (Å²) in [7, 11) is 0. The highest BCUT2D eigenvalue weighted by molar-refractivity contribution is 5.26. The first kappa shape index (κ1) is 13.6. The number of ether oxygens (including phenoxy) is 1. The number of hydrogen-bond donors (Lipinski definition) is 1. The van der Waals surface area contributed by atoms with Crippen molar-refractivity contribution in [1.29, 1.82) is 0 Å². The van der Waals surface area contributed by atoms with Gasteiger partial charge in [0.25, 0.3) is 0 Å². The highest BCUT2D eigenvalue weighted by atomic mass is 16.5. The number of nitrogens with zero attached hydrogens (tertiary/aromatic N) is 1. The maximum atomic E-state index is 5.66. The molecule has 1 unspecified atom stereocenters. The lowest BCUT2D eigenvalue weighted by atomic mass is 10.2. The second-order valence-corrected chi connectivity index (χ2v) is 4.59. The summed E-state index contributed by atoms with van der Waals surface area (Å²) in [6.45, 7) is 5.62. The number of nitrogens with one attached hydrogen (secondary N) is 1. The summed E-state index contributed by atoms with van der Waals surface area (Å²) < 4.78 is 5.66. The minimum Gasteiger partial charge on any atom is -0.492 e. The molecule has 3 nitrogen and oxygen atoms in total. The summed E-state index contributed by atoms with van der Waals surface area (Å²) in [4.78, 5) is 4.32. The normalized spacial score (nSPS) is 12.1. The standard InChI is InChI=1S/C16H20N2O/c1-13-6-8-15(9-7-13)19-12-11-17-14(2)16-5-3-4-10-18-16/h3-10,14,17H,11-12H2,1-2H3. The van der Waals surface area contributed by atoms with E-state index < -0.39 is 0 Å². The van der Waals surface area contributed by atoms with Crippen LogP contribution >= 0.6 is 0 Å². The summed E-state index contributed by atoms with van der Waals surface area (Å²) in [5, 5.41) is 3.39. The van der Waals surface area contributed by atoms with Crippen LogP contribution in [0.15, 0.2) is 48.7 Å². The minimum atomic E-state index is 0.239. The predicted molar refractivity (Wildman–Crippen MR) is 77.3 cm³/mol. The van der Waals surface area contributed by atoms with Crippen molar-refractivity contribution in [3.05, 3.63) is 59.9 Å². The Hall–Kier alpha value is -1.87. The van der Waals surface area contributed by atoms with Gasteiger partial charge in [0.05, 0.1) is 5.69 Å². The Morgan fingerprint density at radius 1 is 1.16 bits per heavy atom. The van der Waals surface area contributed by atoms with Gasteiger partial charge in [-0.2, -0.15) is 0 Å². The molecule has 1 aromatic carbocycles. The third kappa shape index (κ3) is 4.38. The van der Waals surface area contributed by atoms with Crippen molar-refractivity contribution in [3.63, 3.8) is 0 Å². The van der Waals surface area contributed by atoms with E-state index in [1.165, 1.54) is 5.56 Å². The van der Waals surface area contributed by atoms with Gasteiger partial charge >= 0.3 is 0 Å². The molecule has 0 radical (unpaired) electrons. The summed E-state index contributed by atoms with van der Waals surface area (Å²) in [5.74, 6) is 0.915. The van der Waals surface area contributed by atoms with Gasteiger partial charge < -0.3 is 10.1 Å². The molecule has 2 rings (SSSR count). The molecule has 100 valence electrons. The molecule has 0 saturated heterocycles. The fraction of sp³-hybridized carbons (Fsp3) is 0.312. The van der Waals surface area contributed by atoms with Gasteiger partial charge in [-0.3, -0.25) is 4.98 Å². The van der Waals surface area contributed by atoms with Crippen molar-refractivity contribution in [2.45, 2.75) is 19.9 Å². The van der Waals surface area contributed by atoms with Crippen LogP contribution in [0, 0.1) is 6.92 Å². The third-order valence-electron chi connectivity index (χ3n) is 2.97. The quantitative estimate of drug-likeness (QED) is 0.806. The Morgan fingerprint density at radius 2 is 1.95 bits per heavy atom. The van der Waals surface area contributed by atoms with Crippen LogP contribution in [-0.4, -0.2) is 18.1 Å². The van der Waals surface area contributed by atoms with Crippen molar-refractivity contribution < 1.29 is 4.74 Å². The number of hydrogen-bond acceptors (Lipinski definition) is 3. The van der Waals surface area contributed by atoms with Crippen LogP contribution in [-0.2, 0) is 0 Å². The maximum absolute atomic E-state index is 5.66. The monoisotopic (exact) mass is 256 g/mol. The molecule has 0 fully saturated rings. The second-order valence-electron chi connectivity index (χ2n) is 4.59. The molecule has 0 amide bonds. The van der Waals surface area contributed by atoms with E-state index in [1.807, 2.05) is 36.5 Å². The van der Waals surface area contributed by atoms with Crippen molar-refractivity contribution in [2.24, 2.45) is 0 Å². The molecule has 0 aliphatic carbocycles. The van der Waals surface area contributed by atoms with Gasteiger partial charge in [0.2, 0.25) is 0 Å². The smallest absolute Gasteiger partial charge is 0.119 e. The van der Waals surface area contributed by atoms with Crippen LogP contribution in [0.5, 0.6) is 5.75 Å². The number of aromatic nitrogens is 1. The Bertz CT molecular complexity index is 482. The number of benzene rings is 1. The lowest BCUT2D eigenvalue weighted by Gasteiger charge is -2.13. The fourth-order valence-electron chi connectivity index (χ4n) is 1.82. The Balaban J connectivity index is 1.71. The first-order chi connectivity index (χ1) is 9.25. The molecule has 19 heavy (non-hydrogen) atoms. The van der Waals surface area contributed by atoms with Crippen LogP contribution in [0.1, 0.15) is 24.2 Å².